The van der Waals surface area contributed by atoms with Crippen LogP contribution < -0.4 is 10.2 Å². The van der Waals surface area contributed by atoms with Crippen molar-refractivity contribution in [2.45, 2.75) is 19.8 Å². The van der Waals surface area contributed by atoms with Gasteiger partial charge in [0.1, 0.15) is 0 Å². The number of aromatic nitrogens is 3. The molecule has 0 aliphatic rings. The van der Waals surface area contributed by atoms with E-state index in [2.05, 4.69) is 27.2 Å². The maximum Gasteiger partial charge on any atom is 0.230 e. The lowest BCUT2D eigenvalue weighted by Crippen LogP contribution is -2.15. The van der Waals surface area contributed by atoms with Crippen LogP contribution in [0.25, 0.3) is 0 Å². The van der Waals surface area contributed by atoms with Crippen LogP contribution in [-0.4, -0.2) is 35.6 Å². The van der Waals surface area contributed by atoms with Gasteiger partial charge < -0.3 is 10.2 Å². The van der Waals surface area contributed by atoms with E-state index >= 15 is 0 Å². The Morgan fingerprint density at radius 3 is 2.60 bits per heavy atom. The number of unbranched alkanes of at least 4 members (excludes halogenated alkanes) is 1. The molecule has 0 spiro atoms. The number of hydrogen-bond donors (Lipinski definition) is 1. The second kappa shape index (κ2) is 5.70. The molecule has 0 aliphatic carbocycles. The van der Waals surface area contributed by atoms with Crippen molar-refractivity contribution in [3.63, 3.8) is 0 Å². The Labute approximate surface area is 94.9 Å². The van der Waals surface area contributed by atoms with E-state index in [1.54, 1.807) is 4.90 Å². The van der Waals surface area contributed by atoms with Crippen molar-refractivity contribution in [1.82, 2.24) is 15.0 Å². The molecule has 1 aromatic rings. The highest BCUT2D eigenvalue weighted by Crippen LogP contribution is 2.11. The van der Waals surface area contributed by atoms with Crippen LogP contribution in [0.4, 0.5) is 11.9 Å². The lowest BCUT2D eigenvalue weighted by molar-refractivity contribution is 0.822. The Hall–Kier alpha value is -1.10. The van der Waals surface area contributed by atoms with Gasteiger partial charge in [0.2, 0.25) is 17.2 Å². The first kappa shape index (κ1) is 12.0. The molecular formula is C9H16ClN5. The Morgan fingerprint density at radius 1 is 1.27 bits per heavy atom. The zero-order valence-electron chi connectivity index (χ0n) is 9.29. The molecule has 0 aliphatic heterocycles. The van der Waals surface area contributed by atoms with Gasteiger partial charge in [0, 0.05) is 20.6 Å². The molecule has 0 radical (unpaired) electrons. The van der Waals surface area contributed by atoms with Crippen LogP contribution in [0.15, 0.2) is 0 Å². The molecule has 0 unspecified atom stereocenters. The third-order valence-electron chi connectivity index (χ3n) is 1.81. The van der Waals surface area contributed by atoms with Gasteiger partial charge >= 0.3 is 0 Å². The molecule has 0 aromatic carbocycles. The summed E-state index contributed by atoms with van der Waals surface area (Å²) in [4.78, 5) is 14.0. The van der Waals surface area contributed by atoms with Crippen molar-refractivity contribution in [3.8, 4) is 0 Å². The summed E-state index contributed by atoms with van der Waals surface area (Å²) in [5.41, 5.74) is 0. The van der Waals surface area contributed by atoms with E-state index in [0.29, 0.717) is 11.9 Å². The topological polar surface area (TPSA) is 53.9 Å². The van der Waals surface area contributed by atoms with Gasteiger partial charge in [-0.1, -0.05) is 13.3 Å². The SMILES string of the molecule is CCCCNc1nc(Cl)nc(N(C)C)n1. The van der Waals surface area contributed by atoms with E-state index in [1.165, 1.54) is 0 Å². The molecule has 0 saturated heterocycles. The Bertz CT molecular complexity index is 315. The number of anilines is 2. The van der Waals surface area contributed by atoms with Gasteiger partial charge in [-0.2, -0.15) is 15.0 Å². The first-order valence-electron chi connectivity index (χ1n) is 4.96. The van der Waals surface area contributed by atoms with Crippen LogP contribution in [0, 0.1) is 0 Å². The third kappa shape index (κ3) is 3.87. The summed E-state index contributed by atoms with van der Waals surface area (Å²) >= 11 is 5.78. The Balaban J connectivity index is 2.71. The molecule has 6 heteroatoms. The van der Waals surface area contributed by atoms with Gasteiger partial charge in [-0.05, 0) is 18.0 Å². The van der Waals surface area contributed by atoms with Crippen molar-refractivity contribution >= 4 is 23.5 Å². The molecule has 1 heterocycles. The van der Waals surface area contributed by atoms with Gasteiger partial charge in [-0.15, -0.1) is 0 Å². The van der Waals surface area contributed by atoms with Crippen molar-refractivity contribution in [2.75, 3.05) is 30.9 Å². The van der Waals surface area contributed by atoms with Crippen molar-refractivity contribution in [1.29, 1.82) is 0 Å². The van der Waals surface area contributed by atoms with Gasteiger partial charge in [-0.3, -0.25) is 0 Å². The van der Waals surface area contributed by atoms with E-state index in [-0.39, 0.29) is 5.28 Å². The first-order chi connectivity index (χ1) is 7.13. The minimum atomic E-state index is 0.215. The molecule has 0 saturated carbocycles. The third-order valence-corrected chi connectivity index (χ3v) is 1.98. The molecule has 15 heavy (non-hydrogen) atoms. The van der Waals surface area contributed by atoms with Crippen molar-refractivity contribution in [3.05, 3.63) is 5.28 Å². The molecular weight excluding hydrogens is 214 g/mol. The lowest BCUT2D eigenvalue weighted by atomic mass is 10.3. The fraction of sp³-hybridized carbons (Fsp3) is 0.667. The maximum atomic E-state index is 5.78. The highest BCUT2D eigenvalue weighted by molar-refractivity contribution is 6.28. The average molecular weight is 230 g/mol. The number of nitrogens with one attached hydrogen (secondary N) is 1. The molecule has 0 bridgehead atoms. The van der Waals surface area contributed by atoms with Crippen LogP contribution in [-0.2, 0) is 0 Å². The molecule has 0 atom stereocenters. The second-order valence-electron chi connectivity index (χ2n) is 3.40. The number of halogens is 1. The molecule has 0 amide bonds. The Kier molecular flexibility index (Phi) is 4.55. The molecule has 84 valence electrons. The van der Waals surface area contributed by atoms with E-state index in [1.807, 2.05) is 14.1 Å². The standard InChI is InChI=1S/C9H16ClN5/c1-4-5-6-11-8-12-7(10)13-9(14-8)15(2)3/h4-6H2,1-3H3,(H,11,12,13,14). The fourth-order valence-corrected chi connectivity index (χ4v) is 1.15. The molecule has 1 rings (SSSR count). The monoisotopic (exact) mass is 229 g/mol. The Morgan fingerprint density at radius 2 is 2.00 bits per heavy atom. The summed E-state index contributed by atoms with van der Waals surface area (Å²) in [5, 5.41) is 3.32. The molecule has 5 nitrogen and oxygen atoms in total. The minimum absolute atomic E-state index is 0.215. The molecule has 1 N–H and O–H groups in total. The van der Waals surface area contributed by atoms with Gasteiger partial charge in [0.05, 0.1) is 0 Å². The molecule has 0 fully saturated rings. The van der Waals surface area contributed by atoms with Crippen LogP contribution >= 0.6 is 11.6 Å². The van der Waals surface area contributed by atoms with Crippen LogP contribution in [0.1, 0.15) is 19.8 Å². The van der Waals surface area contributed by atoms with E-state index < -0.39 is 0 Å². The summed E-state index contributed by atoms with van der Waals surface area (Å²) in [5.74, 6) is 1.10. The normalized spacial score (nSPS) is 10.1. The summed E-state index contributed by atoms with van der Waals surface area (Å²) in [7, 11) is 3.73. The zero-order valence-corrected chi connectivity index (χ0v) is 10.0. The summed E-state index contributed by atoms with van der Waals surface area (Å²) in [6.45, 7) is 2.98. The van der Waals surface area contributed by atoms with Gasteiger partial charge in [0.25, 0.3) is 0 Å². The minimum Gasteiger partial charge on any atom is -0.354 e. The van der Waals surface area contributed by atoms with E-state index in [0.717, 1.165) is 19.4 Å². The molecule has 1 aromatic heterocycles. The van der Waals surface area contributed by atoms with Crippen LogP contribution in [0.3, 0.4) is 0 Å². The smallest absolute Gasteiger partial charge is 0.230 e. The number of hydrogen-bond acceptors (Lipinski definition) is 5. The maximum absolute atomic E-state index is 5.78. The average Bonchev–Trinajstić information content (AvgIpc) is 2.17. The first-order valence-corrected chi connectivity index (χ1v) is 5.34. The highest BCUT2D eigenvalue weighted by atomic mass is 35.5. The summed E-state index contributed by atoms with van der Waals surface area (Å²) in [6.07, 6.45) is 2.22. The predicted molar refractivity (Wildman–Crippen MR) is 62.6 cm³/mol. The predicted octanol–water partition coefficient (Wildman–Crippen LogP) is 1.80. The van der Waals surface area contributed by atoms with E-state index in [4.69, 9.17) is 11.6 Å². The van der Waals surface area contributed by atoms with Crippen LogP contribution in [0.5, 0.6) is 0 Å². The van der Waals surface area contributed by atoms with Crippen LogP contribution in [0.2, 0.25) is 5.28 Å². The fourth-order valence-electron chi connectivity index (χ4n) is 0.996. The summed E-state index contributed by atoms with van der Waals surface area (Å²) < 4.78 is 0. The van der Waals surface area contributed by atoms with Crippen molar-refractivity contribution in [2.24, 2.45) is 0 Å². The van der Waals surface area contributed by atoms with Crippen molar-refractivity contribution < 1.29 is 0 Å². The van der Waals surface area contributed by atoms with Gasteiger partial charge in [0.15, 0.2) is 0 Å². The zero-order chi connectivity index (χ0) is 11.3. The number of nitrogens with zero attached hydrogens (tertiary/aromatic N) is 4. The van der Waals surface area contributed by atoms with E-state index in [9.17, 15) is 0 Å². The summed E-state index contributed by atoms with van der Waals surface area (Å²) in [6, 6.07) is 0. The largest absolute Gasteiger partial charge is 0.354 e. The lowest BCUT2D eigenvalue weighted by Gasteiger charge is -2.11. The second-order valence-corrected chi connectivity index (χ2v) is 3.74. The highest BCUT2D eigenvalue weighted by Gasteiger charge is 2.05. The van der Waals surface area contributed by atoms with Gasteiger partial charge in [-0.25, -0.2) is 0 Å². The number of rotatable bonds is 5. The quantitative estimate of drug-likeness (QED) is 0.781.